The maximum Gasteiger partial charge on any atom is 0.188 e. The average molecular weight is 325 g/mol. The van der Waals surface area contributed by atoms with Crippen molar-refractivity contribution in [1.82, 2.24) is 14.1 Å². The van der Waals surface area contributed by atoms with E-state index in [2.05, 4.69) is 10.00 Å². The number of nitrogens with zero attached hydrogens (tertiary/aromatic N) is 3. The number of piperidine rings is 1. The maximum absolute atomic E-state index is 14.1. The molecule has 1 aromatic heterocycles. The van der Waals surface area contributed by atoms with Crippen LogP contribution in [0.25, 0.3) is 10.9 Å². The van der Waals surface area contributed by atoms with Crippen molar-refractivity contribution in [3.8, 4) is 5.75 Å². The number of ether oxygens (including phenoxy) is 1. The van der Waals surface area contributed by atoms with Gasteiger partial charge in [-0.05, 0) is 37.4 Å². The Bertz CT molecular complexity index is 720. The molecular weight excluding hydrogens is 308 g/mol. The lowest BCUT2D eigenvalue weighted by molar-refractivity contribution is 0.303. The van der Waals surface area contributed by atoms with E-state index in [1.807, 2.05) is 0 Å². The van der Waals surface area contributed by atoms with Gasteiger partial charge >= 0.3 is 0 Å². The standard InChI is InChI=1S/C15H17F2N3OS/c1-21-13-3-2-10(16)15-14(13)11(18-20(15)22-17)5-7-19-6-4-9-8-12(9)19/h2-3,9,12H,4-8H2,1H3. The summed E-state index contributed by atoms with van der Waals surface area (Å²) in [6.07, 6.45) is 3.25. The Kier molecular flexibility index (Phi) is 3.49. The van der Waals surface area contributed by atoms with E-state index in [-0.39, 0.29) is 17.9 Å². The van der Waals surface area contributed by atoms with Crippen LogP contribution in [0.2, 0.25) is 0 Å². The predicted molar refractivity (Wildman–Crippen MR) is 82.1 cm³/mol. The fourth-order valence-corrected chi connectivity index (χ4v) is 4.01. The Labute approximate surface area is 131 Å². The highest BCUT2D eigenvalue weighted by molar-refractivity contribution is 7.92. The minimum absolute atomic E-state index is 0.0842. The maximum atomic E-state index is 14.1. The fraction of sp³-hybridized carbons (Fsp3) is 0.533. The smallest absolute Gasteiger partial charge is 0.188 e. The number of hydrogen-bond acceptors (Lipinski definition) is 4. The second kappa shape index (κ2) is 5.38. The van der Waals surface area contributed by atoms with Gasteiger partial charge in [-0.1, -0.05) is 0 Å². The van der Waals surface area contributed by atoms with Crippen LogP contribution >= 0.6 is 12.3 Å². The first-order valence-electron chi connectivity index (χ1n) is 7.50. The Morgan fingerprint density at radius 2 is 2.32 bits per heavy atom. The lowest BCUT2D eigenvalue weighted by atomic mass is 10.1. The van der Waals surface area contributed by atoms with E-state index in [0.29, 0.717) is 23.3 Å². The molecule has 1 aromatic carbocycles. The van der Waals surface area contributed by atoms with E-state index in [0.717, 1.165) is 29.1 Å². The molecule has 4 rings (SSSR count). The topological polar surface area (TPSA) is 30.3 Å². The van der Waals surface area contributed by atoms with E-state index in [4.69, 9.17) is 4.74 Å². The molecule has 1 saturated carbocycles. The third-order valence-corrected chi connectivity index (χ3v) is 5.24. The molecule has 1 aliphatic heterocycles. The van der Waals surface area contributed by atoms with Crippen molar-refractivity contribution in [3.05, 3.63) is 23.6 Å². The van der Waals surface area contributed by atoms with Crippen molar-refractivity contribution in [2.75, 3.05) is 20.2 Å². The molecule has 4 nitrogen and oxygen atoms in total. The third kappa shape index (κ3) is 2.18. The zero-order valence-corrected chi connectivity index (χ0v) is 13.1. The molecule has 2 atom stereocenters. The van der Waals surface area contributed by atoms with Crippen molar-refractivity contribution in [1.29, 1.82) is 0 Å². The van der Waals surface area contributed by atoms with Crippen molar-refractivity contribution in [2.45, 2.75) is 25.3 Å². The van der Waals surface area contributed by atoms with Crippen molar-refractivity contribution in [2.24, 2.45) is 5.92 Å². The summed E-state index contributed by atoms with van der Waals surface area (Å²) in [5, 5.41) is 4.82. The lowest BCUT2D eigenvalue weighted by Crippen LogP contribution is -2.25. The highest BCUT2D eigenvalue weighted by Crippen LogP contribution is 2.44. The number of likely N-dealkylation sites (tertiary alicyclic amines) is 1. The van der Waals surface area contributed by atoms with E-state index in [1.54, 1.807) is 6.07 Å². The van der Waals surface area contributed by atoms with Gasteiger partial charge in [0.25, 0.3) is 0 Å². The van der Waals surface area contributed by atoms with Gasteiger partial charge in [-0.15, -0.1) is 3.89 Å². The number of halogens is 2. The molecule has 0 spiro atoms. The largest absolute Gasteiger partial charge is 0.496 e. The molecular formula is C15H17F2N3OS. The summed E-state index contributed by atoms with van der Waals surface area (Å²) < 4.78 is 33.5. The van der Waals surface area contributed by atoms with Gasteiger partial charge in [0.2, 0.25) is 0 Å². The van der Waals surface area contributed by atoms with Crippen molar-refractivity contribution in [3.63, 3.8) is 0 Å². The Morgan fingerprint density at radius 3 is 2.95 bits per heavy atom. The number of fused-ring (bicyclic) bond motifs is 2. The zero-order valence-electron chi connectivity index (χ0n) is 12.3. The molecule has 2 unspecified atom stereocenters. The molecule has 1 saturated heterocycles. The van der Waals surface area contributed by atoms with E-state index < -0.39 is 5.82 Å². The van der Waals surface area contributed by atoms with Crippen LogP contribution in [-0.2, 0) is 6.42 Å². The molecule has 2 aromatic rings. The zero-order chi connectivity index (χ0) is 15.3. The van der Waals surface area contributed by atoms with Crippen LogP contribution in [0.15, 0.2) is 12.1 Å². The first-order chi connectivity index (χ1) is 10.7. The molecule has 2 heterocycles. The van der Waals surface area contributed by atoms with Crippen molar-refractivity contribution < 1.29 is 13.0 Å². The van der Waals surface area contributed by atoms with Crippen LogP contribution in [0.3, 0.4) is 0 Å². The molecule has 0 amide bonds. The van der Waals surface area contributed by atoms with Gasteiger partial charge in [0.1, 0.15) is 11.3 Å². The third-order valence-electron chi connectivity index (χ3n) is 4.84. The summed E-state index contributed by atoms with van der Waals surface area (Å²) >= 11 is -0.0842. The minimum Gasteiger partial charge on any atom is -0.496 e. The predicted octanol–water partition coefficient (Wildman–Crippen LogP) is 3.20. The van der Waals surface area contributed by atoms with Gasteiger partial charge in [0.15, 0.2) is 18.2 Å². The Hall–Kier alpha value is -1.34. The van der Waals surface area contributed by atoms with Crippen LogP contribution in [-0.4, -0.2) is 40.3 Å². The molecule has 2 aliphatic rings. The van der Waals surface area contributed by atoms with Crippen LogP contribution in [0.5, 0.6) is 5.75 Å². The fourth-order valence-electron chi connectivity index (χ4n) is 3.63. The van der Waals surface area contributed by atoms with Crippen LogP contribution in [0, 0.1) is 11.7 Å². The summed E-state index contributed by atoms with van der Waals surface area (Å²) in [6.45, 7) is 2.00. The summed E-state index contributed by atoms with van der Waals surface area (Å²) in [6, 6.07) is 3.58. The quantitative estimate of drug-likeness (QED) is 0.844. The van der Waals surface area contributed by atoms with Crippen LogP contribution in [0.1, 0.15) is 18.5 Å². The SMILES string of the molecule is COc1ccc(F)c2c1c(CCN1CCC3CC31)nn2SF. The Balaban J connectivity index is 1.68. The monoisotopic (exact) mass is 325 g/mol. The average Bonchev–Trinajstić information content (AvgIpc) is 3.05. The van der Waals surface area contributed by atoms with E-state index >= 15 is 0 Å². The van der Waals surface area contributed by atoms with Crippen LogP contribution in [0.4, 0.5) is 8.28 Å². The molecule has 0 N–H and O–H groups in total. The van der Waals surface area contributed by atoms with E-state index in [1.165, 1.54) is 26.0 Å². The molecule has 2 fully saturated rings. The normalized spacial score (nSPS) is 24.0. The minimum atomic E-state index is -0.483. The van der Waals surface area contributed by atoms with Gasteiger partial charge in [-0.2, -0.15) is 9.19 Å². The highest BCUT2D eigenvalue weighted by Gasteiger charge is 2.46. The second-order valence-electron chi connectivity index (χ2n) is 6.00. The summed E-state index contributed by atoms with van der Waals surface area (Å²) in [4.78, 5) is 2.46. The summed E-state index contributed by atoms with van der Waals surface area (Å²) in [5.74, 6) is 0.934. The molecule has 1 aliphatic carbocycles. The number of rotatable bonds is 5. The Morgan fingerprint density at radius 1 is 1.45 bits per heavy atom. The van der Waals surface area contributed by atoms with Gasteiger partial charge in [-0.25, -0.2) is 4.39 Å². The molecule has 0 radical (unpaired) electrons. The summed E-state index contributed by atoms with van der Waals surface area (Å²) in [5.41, 5.74) is 0.855. The lowest BCUT2D eigenvalue weighted by Gasteiger charge is -2.16. The molecule has 0 bridgehead atoms. The molecule has 7 heteroatoms. The number of aromatic nitrogens is 2. The summed E-state index contributed by atoms with van der Waals surface area (Å²) in [7, 11) is 1.53. The van der Waals surface area contributed by atoms with Gasteiger partial charge < -0.3 is 4.74 Å². The second-order valence-corrected chi connectivity index (χ2v) is 6.48. The number of hydrogen-bond donors (Lipinski definition) is 0. The van der Waals surface area contributed by atoms with Gasteiger partial charge in [0, 0.05) is 19.0 Å². The highest BCUT2D eigenvalue weighted by atomic mass is 32.2. The number of benzene rings is 1. The first kappa shape index (κ1) is 14.3. The van der Waals surface area contributed by atoms with Gasteiger partial charge in [0.05, 0.1) is 18.2 Å². The first-order valence-corrected chi connectivity index (χ1v) is 8.17. The van der Waals surface area contributed by atoms with E-state index in [9.17, 15) is 8.28 Å². The van der Waals surface area contributed by atoms with Crippen LogP contribution < -0.4 is 4.74 Å². The van der Waals surface area contributed by atoms with Crippen molar-refractivity contribution >= 4 is 23.2 Å². The molecule has 118 valence electrons. The number of methoxy groups -OCH3 is 1. The molecule has 22 heavy (non-hydrogen) atoms. The van der Waals surface area contributed by atoms with Gasteiger partial charge in [-0.3, -0.25) is 4.90 Å².